The molecule has 0 atom stereocenters. The summed E-state index contributed by atoms with van der Waals surface area (Å²) in [6.45, 7) is 4.40. The molecule has 2 aliphatic heterocycles. The van der Waals surface area contributed by atoms with E-state index >= 15 is 0 Å². The van der Waals surface area contributed by atoms with Crippen molar-refractivity contribution < 1.29 is 23.3 Å². The van der Waals surface area contributed by atoms with Crippen LogP contribution in [0.2, 0.25) is 10.0 Å². The smallest absolute Gasteiger partial charge is 0.260 e. The van der Waals surface area contributed by atoms with Crippen LogP contribution in [0.3, 0.4) is 0 Å². The third kappa shape index (κ3) is 5.35. The average molecular weight is 633 g/mol. The van der Waals surface area contributed by atoms with Crippen LogP contribution in [-0.4, -0.2) is 78.7 Å². The van der Waals surface area contributed by atoms with Crippen LogP contribution in [0.5, 0.6) is 0 Å². The molecule has 0 spiro atoms. The summed E-state index contributed by atoms with van der Waals surface area (Å²) in [5, 5.41) is 10.5. The first-order chi connectivity index (χ1) is 21.6. The maximum absolute atomic E-state index is 13.8. The molecule has 1 amide bonds. The summed E-state index contributed by atoms with van der Waals surface area (Å²) in [6, 6.07) is 14.7. The Bertz CT molecular complexity index is 1860. The number of morpholine rings is 2. The van der Waals surface area contributed by atoms with Gasteiger partial charge in [0.25, 0.3) is 5.91 Å². The first kappa shape index (κ1) is 28.5. The van der Waals surface area contributed by atoms with E-state index in [1.807, 2.05) is 42.5 Å². The predicted octanol–water partition coefficient (Wildman–Crippen LogP) is 6.33. The Balaban J connectivity index is 1.34. The predicted molar refractivity (Wildman–Crippen MR) is 168 cm³/mol. The summed E-state index contributed by atoms with van der Waals surface area (Å²) in [5.41, 5.74) is 3.80. The van der Waals surface area contributed by atoms with Gasteiger partial charge < -0.3 is 28.3 Å². The molecule has 10 nitrogen and oxygen atoms in total. The SMILES string of the molecule is O=C(c1c(-c2ccccc2Cl)noc1/C=C/c1cnc(N2CCOCC2)c2c(-c3ccccc3Cl)noc12)N1CCOCC1. The van der Waals surface area contributed by atoms with Crippen LogP contribution in [0.4, 0.5) is 5.82 Å². The second-order valence-corrected chi connectivity index (χ2v) is 11.2. The molecule has 0 aliphatic carbocycles. The zero-order chi connectivity index (χ0) is 30.0. The molecule has 12 heteroatoms. The zero-order valence-electron chi connectivity index (χ0n) is 23.5. The number of anilines is 1. The lowest BCUT2D eigenvalue weighted by atomic mass is 10.0. The van der Waals surface area contributed by atoms with Gasteiger partial charge in [-0.3, -0.25) is 4.79 Å². The molecular weight excluding hydrogens is 605 g/mol. The van der Waals surface area contributed by atoms with Crippen LogP contribution >= 0.6 is 23.2 Å². The average Bonchev–Trinajstić information content (AvgIpc) is 3.70. The topological polar surface area (TPSA) is 107 Å². The molecule has 2 fully saturated rings. The molecule has 0 saturated carbocycles. The van der Waals surface area contributed by atoms with Crippen molar-refractivity contribution >= 4 is 58.0 Å². The van der Waals surface area contributed by atoms with E-state index in [0.29, 0.717) is 96.3 Å². The molecule has 44 heavy (non-hydrogen) atoms. The molecule has 0 radical (unpaired) electrons. The Morgan fingerprint density at radius 2 is 1.39 bits per heavy atom. The van der Waals surface area contributed by atoms with Gasteiger partial charge in [-0.2, -0.15) is 0 Å². The van der Waals surface area contributed by atoms with Crippen molar-refractivity contribution in [2.45, 2.75) is 0 Å². The van der Waals surface area contributed by atoms with Crippen LogP contribution in [-0.2, 0) is 9.47 Å². The third-order valence-electron chi connectivity index (χ3n) is 7.72. The van der Waals surface area contributed by atoms with E-state index in [0.717, 1.165) is 16.8 Å². The maximum atomic E-state index is 13.8. The quantitative estimate of drug-likeness (QED) is 0.212. The van der Waals surface area contributed by atoms with Gasteiger partial charge in [0, 0.05) is 49.1 Å². The van der Waals surface area contributed by atoms with Crippen molar-refractivity contribution in [2.24, 2.45) is 0 Å². The highest BCUT2D eigenvalue weighted by atomic mass is 35.5. The number of benzene rings is 2. The fourth-order valence-corrected chi connectivity index (χ4v) is 5.92. The van der Waals surface area contributed by atoms with Crippen LogP contribution in [0.15, 0.2) is 63.8 Å². The van der Waals surface area contributed by atoms with Crippen molar-refractivity contribution in [3.8, 4) is 22.5 Å². The van der Waals surface area contributed by atoms with E-state index in [4.69, 9.17) is 46.7 Å². The molecule has 2 aromatic carbocycles. The molecule has 3 aromatic heterocycles. The molecule has 5 heterocycles. The molecule has 224 valence electrons. The van der Waals surface area contributed by atoms with E-state index in [2.05, 4.69) is 15.2 Å². The van der Waals surface area contributed by atoms with Crippen LogP contribution < -0.4 is 4.90 Å². The zero-order valence-corrected chi connectivity index (χ0v) is 25.1. The number of pyridine rings is 1. The maximum Gasteiger partial charge on any atom is 0.260 e. The van der Waals surface area contributed by atoms with Crippen LogP contribution in [0.25, 0.3) is 45.6 Å². The standard InChI is InChI=1S/C32H27Cl2N5O5/c33-23-7-3-1-5-21(23)28-26(32(40)39-13-17-42-18-14-39)25(43-36-28)10-9-20-19-35-31(38-11-15-41-16-12-38)27-29(37-44-30(20)27)22-6-2-4-8-24(22)34/h1-10,19H,11-18H2/b10-9+. The first-order valence-electron chi connectivity index (χ1n) is 14.3. The number of amides is 1. The molecule has 2 saturated heterocycles. The Morgan fingerprint density at radius 1 is 0.773 bits per heavy atom. The minimum atomic E-state index is -0.212. The lowest BCUT2D eigenvalue weighted by Gasteiger charge is -2.28. The lowest BCUT2D eigenvalue weighted by Crippen LogP contribution is -2.41. The summed E-state index contributed by atoms with van der Waals surface area (Å²) in [6.07, 6.45) is 5.20. The number of fused-ring (bicyclic) bond motifs is 1. The fourth-order valence-electron chi connectivity index (χ4n) is 5.47. The van der Waals surface area contributed by atoms with E-state index < -0.39 is 0 Å². The number of halogens is 2. The number of carbonyl (C=O) groups excluding carboxylic acids is 1. The Labute approximate surface area is 262 Å². The summed E-state index contributed by atoms with van der Waals surface area (Å²) in [5.74, 6) is 0.809. The van der Waals surface area contributed by atoms with Crippen molar-refractivity contribution in [1.82, 2.24) is 20.2 Å². The molecule has 5 aromatic rings. The number of hydrogen-bond acceptors (Lipinski definition) is 9. The lowest BCUT2D eigenvalue weighted by molar-refractivity contribution is 0.0302. The van der Waals surface area contributed by atoms with E-state index in [1.165, 1.54) is 0 Å². The van der Waals surface area contributed by atoms with Gasteiger partial charge in [-0.1, -0.05) is 69.9 Å². The van der Waals surface area contributed by atoms with Gasteiger partial charge in [-0.15, -0.1) is 0 Å². The molecule has 0 N–H and O–H groups in total. The number of carbonyl (C=O) groups is 1. The molecule has 7 rings (SSSR count). The largest absolute Gasteiger partial charge is 0.378 e. The van der Waals surface area contributed by atoms with Gasteiger partial charge in [-0.25, -0.2) is 4.98 Å². The van der Waals surface area contributed by atoms with Crippen LogP contribution in [0, 0.1) is 0 Å². The van der Waals surface area contributed by atoms with Gasteiger partial charge >= 0.3 is 0 Å². The third-order valence-corrected chi connectivity index (χ3v) is 8.38. The van der Waals surface area contributed by atoms with E-state index in [-0.39, 0.29) is 11.7 Å². The number of hydrogen-bond donors (Lipinski definition) is 0. The van der Waals surface area contributed by atoms with Crippen molar-refractivity contribution in [3.63, 3.8) is 0 Å². The number of aromatic nitrogens is 3. The summed E-state index contributed by atoms with van der Waals surface area (Å²) in [4.78, 5) is 22.6. The summed E-state index contributed by atoms with van der Waals surface area (Å²) in [7, 11) is 0. The summed E-state index contributed by atoms with van der Waals surface area (Å²) < 4.78 is 22.8. The molecule has 0 bridgehead atoms. The van der Waals surface area contributed by atoms with Gasteiger partial charge in [0.05, 0.1) is 41.9 Å². The Hall–Kier alpha value is -4.22. The highest BCUT2D eigenvalue weighted by Crippen LogP contribution is 2.39. The molecule has 0 unspecified atom stereocenters. The number of ether oxygens (including phenoxy) is 2. The van der Waals surface area contributed by atoms with E-state index in [1.54, 1.807) is 29.3 Å². The minimum Gasteiger partial charge on any atom is -0.378 e. The van der Waals surface area contributed by atoms with E-state index in [9.17, 15) is 4.79 Å². The van der Waals surface area contributed by atoms with Gasteiger partial charge in [0.1, 0.15) is 22.8 Å². The van der Waals surface area contributed by atoms with Crippen molar-refractivity contribution in [1.29, 1.82) is 0 Å². The van der Waals surface area contributed by atoms with Gasteiger partial charge in [0.2, 0.25) is 0 Å². The Kier molecular flexibility index (Phi) is 8.05. The highest BCUT2D eigenvalue weighted by Gasteiger charge is 2.29. The fraction of sp³-hybridized carbons (Fsp3) is 0.250. The van der Waals surface area contributed by atoms with Crippen LogP contribution in [0.1, 0.15) is 21.7 Å². The normalized spacial score (nSPS) is 15.9. The van der Waals surface area contributed by atoms with Gasteiger partial charge in [-0.05, 0) is 24.3 Å². The first-order valence-corrected chi connectivity index (χ1v) is 15.0. The molecule has 2 aliphatic rings. The molecular formula is C32H27Cl2N5O5. The summed E-state index contributed by atoms with van der Waals surface area (Å²) >= 11 is 13.1. The Morgan fingerprint density at radius 3 is 2.07 bits per heavy atom. The van der Waals surface area contributed by atoms with Crippen molar-refractivity contribution in [3.05, 3.63) is 81.7 Å². The van der Waals surface area contributed by atoms with Crippen molar-refractivity contribution in [2.75, 3.05) is 57.5 Å². The second-order valence-electron chi connectivity index (χ2n) is 10.3. The number of nitrogens with zero attached hydrogens (tertiary/aromatic N) is 5. The highest BCUT2D eigenvalue weighted by molar-refractivity contribution is 6.34. The second kappa shape index (κ2) is 12.4. The monoisotopic (exact) mass is 631 g/mol. The number of rotatable bonds is 6. The minimum absolute atomic E-state index is 0.212. The van der Waals surface area contributed by atoms with Gasteiger partial charge in [0.15, 0.2) is 11.3 Å².